The number of piperazine rings is 1. The van der Waals surface area contributed by atoms with Crippen molar-refractivity contribution in [1.82, 2.24) is 4.90 Å². The van der Waals surface area contributed by atoms with Crippen LogP contribution >= 0.6 is 11.6 Å². The molecule has 0 aliphatic carbocycles. The van der Waals surface area contributed by atoms with E-state index in [4.69, 9.17) is 16.0 Å². The zero-order valence-corrected chi connectivity index (χ0v) is 19.7. The normalized spacial score (nSPS) is 14.5. The summed E-state index contributed by atoms with van der Waals surface area (Å²) >= 11 is 6.48. The number of nitrogens with zero attached hydrogens (tertiary/aromatic N) is 3. The molecule has 2 aromatic carbocycles. The lowest BCUT2D eigenvalue weighted by molar-refractivity contribution is -0.384. The van der Waals surface area contributed by atoms with Gasteiger partial charge in [0.1, 0.15) is 11.5 Å². The van der Waals surface area contributed by atoms with E-state index in [2.05, 4.69) is 22.2 Å². The van der Waals surface area contributed by atoms with Crippen LogP contribution in [0.3, 0.4) is 0 Å². The summed E-state index contributed by atoms with van der Waals surface area (Å²) < 4.78 is 5.83. The van der Waals surface area contributed by atoms with Gasteiger partial charge in [0, 0.05) is 50.0 Å². The summed E-state index contributed by atoms with van der Waals surface area (Å²) in [6.07, 6.45) is 2.99. The Morgan fingerprint density at radius 2 is 1.91 bits per heavy atom. The number of hydrogen-bond acceptors (Lipinski definition) is 6. The Bertz CT molecular complexity index is 1250. The molecule has 0 unspecified atom stereocenters. The van der Waals surface area contributed by atoms with Crippen LogP contribution < -0.4 is 10.2 Å². The van der Waals surface area contributed by atoms with E-state index < -0.39 is 4.92 Å². The number of aryl methyl sites for hydroxylation is 1. The summed E-state index contributed by atoms with van der Waals surface area (Å²) in [7, 11) is 2.08. The van der Waals surface area contributed by atoms with E-state index in [0.717, 1.165) is 43.0 Å². The molecule has 2 heterocycles. The van der Waals surface area contributed by atoms with Gasteiger partial charge >= 0.3 is 0 Å². The highest BCUT2D eigenvalue weighted by Gasteiger charge is 2.20. The minimum Gasteiger partial charge on any atom is -0.457 e. The summed E-state index contributed by atoms with van der Waals surface area (Å²) in [6.45, 7) is 5.30. The number of nitro benzene ring substituents is 1. The smallest absolute Gasteiger partial charge is 0.269 e. The molecular formula is C25H25ClN4O4. The molecule has 1 aliphatic rings. The molecule has 1 saturated heterocycles. The Kier molecular flexibility index (Phi) is 7.00. The number of rotatable bonds is 6. The Morgan fingerprint density at radius 3 is 2.62 bits per heavy atom. The second-order valence-corrected chi connectivity index (χ2v) is 8.61. The third-order valence-electron chi connectivity index (χ3n) is 5.78. The van der Waals surface area contributed by atoms with Crippen molar-refractivity contribution in [1.29, 1.82) is 0 Å². The van der Waals surface area contributed by atoms with Gasteiger partial charge in [0.25, 0.3) is 5.69 Å². The summed E-state index contributed by atoms with van der Waals surface area (Å²) in [5.74, 6) is 0.759. The molecule has 0 saturated carbocycles. The molecule has 0 bridgehead atoms. The van der Waals surface area contributed by atoms with Crippen molar-refractivity contribution in [2.24, 2.45) is 0 Å². The molecule has 9 heteroatoms. The number of anilines is 2. The maximum atomic E-state index is 12.6. The predicted octanol–water partition coefficient (Wildman–Crippen LogP) is 5.22. The highest BCUT2D eigenvalue weighted by molar-refractivity contribution is 6.34. The Balaban J connectivity index is 1.46. The van der Waals surface area contributed by atoms with Gasteiger partial charge in [-0.2, -0.15) is 0 Å². The molecule has 4 rings (SSSR count). The molecular weight excluding hydrogens is 456 g/mol. The van der Waals surface area contributed by atoms with Crippen LogP contribution in [0.25, 0.3) is 17.4 Å². The number of nitro groups is 1. The van der Waals surface area contributed by atoms with E-state index in [-0.39, 0.29) is 11.6 Å². The molecule has 1 N–H and O–H groups in total. The summed E-state index contributed by atoms with van der Waals surface area (Å²) in [5.41, 5.74) is 3.00. The number of furan rings is 1. The van der Waals surface area contributed by atoms with Gasteiger partial charge in [0.15, 0.2) is 0 Å². The molecule has 0 spiro atoms. The quantitative estimate of drug-likeness (QED) is 0.295. The summed E-state index contributed by atoms with van der Waals surface area (Å²) in [4.78, 5) is 27.6. The van der Waals surface area contributed by atoms with Crippen molar-refractivity contribution < 1.29 is 14.1 Å². The largest absolute Gasteiger partial charge is 0.457 e. The number of halogens is 1. The monoisotopic (exact) mass is 480 g/mol. The Labute approximate surface area is 202 Å². The zero-order chi connectivity index (χ0) is 24.2. The fourth-order valence-electron chi connectivity index (χ4n) is 3.92. The minimum atomic E-state index is -0.430. The van der Waals surface area contributed by atoms with E-state index in [1.165, 1.54) is 18.2 Å². The number of para-hydroxylation sites is 1. The molecule has 3 aromatic rings. The van der Waals surface area contributed by atoms with Crippen LogP contribution in [0.1, 0.15) is 11.3 Å². The van der Waals surface area contributed by atoms with Crippen molar-refractivity contribution >= 4 is 40.6 Å². The number of carbonyl (C=O) groups excluding carboxylic acids is 1. The fraction of sp³-hybridized carbons (Fsp3) is 0.240. The van der Waals surface area contributed by atoms with E-state index in [1.54, 1.807) is 31.2 Å². The number of hydrogen-bond donors (Lipinski definition) is 1. The van der Waals surface area contributed by atoms with Crippen molar-refractivity contribution in [2.45, 2.75) is 6.92 Å². The molecule has 8 nitrogen and oxygen atoms in total. The lowest BCUT2D eigenvalue weighted by atomic mass is 10.1. The van der Waals surface area contributed by atoms with E-state index in [1.807, 2.05) is 18.2 Å². The third-order valence-corrected chi connectivity index (χ3v) is 6.08. The second kappa shape index (κ2) is 10.1. The van der Waals surface area contributed by atoms with Crippen LogP contribution in [0.15, 0.2) is 59.0 Å². The summed E-state index contributed by atoms with van der Waals surface area (Å²) in [6, 6.07) is 13.6. The highest BCUT2D eigenvalue weighted by atomic mass is 35.5. The van der Waals surface area contributed by atoms with E-state index in [0.29, 0.717) is 22.2 Å². The van der Waals surface area contributed by atoms with Crippen molar-refractivity contribution in [3.8, 4) is 11.3 Å². The number of benzene rings is 2. The molecule has 0 atom stereocenters. The van der Waals surface area contributed by atoms with Crippen LogP contribution in [0.4, 0.5) is 17.1 Å². The number of nitrogens with one attached hydrogen (secondary N) is 1. The van der Waals surface area contributed by atoms with Crippen LogP contribution in [0, 0.1) is 17.0 Å². The number of non-ortho nitro benzene ring substituents is 1. The van der Waals surface area contributed by atoms with E-state index in [9.17, 15) is 14.9 Å². The first kappa shape index (κ1) is 23.5. The van der Waals surface area contributed by atoms with Crippen LogP contribution in [0.2, 0.25) is 5.02 Å². The molecule has 34 heavy (non-hydrogen) atoms. The van der Waals surface area contributed by atoms with Gasteiger partial charge in [-0.15, -0.1) is 0 Å². The highest BCUT2D eigenvalue weighted by Crippen LogP contribution is 2.34. The second-order valence-electron chi connectivity index (χ2n) is 8.21. The average molecular weight is 481 g/mol. The minimum absolute atomic E-state index is 0.0292. The molecule has 1 amide bonds. The fourth-order valence-corrected chi connectivity index (χ4v) is 4.22. The molecule has 1 fully saturated rings. The van der Waals surface area contributed by atoms with Gasteiger partial charge in [-0.3, -0.25) is 14.9 Å². The average Bonchev–Trinajstić information content (AvgIpc) is 3.27. The van der Waals surface area contributed by atoms with Crippen LogP contribution in [0.5, 0.6) is 0 Å². The van der Waals surface area contributed by atoms with Crippen LogP contribution in [-0.2, 0) is 4.79 Å². The number of likely N-dealkylation sites (N-methyl/N-ethyl adjacent to an activating group) is 1. The lowest BCUT2D eigenvalue weighted by Gasteiger charge is -2.35. The first-order chi connectivity index (χ1) is 16.3. The molecule has 1 aromatic heterocycles. The van der Waals surface area contributed by atoms with E-state index >= 15 is 0 Å². The Morgan fingerprint density at radius 1 is 1.15 bits per heavy atom. The molecule has 176 valence electrons. The van der Waals surface area contributed by atoms with Gasteiger partial charge in [-0.05, 0) is 55.9 Å². The van der Waals surface area contributed by atoms with Crippen molar-refractivity contribution in [3.05, 3.63) is 81.1 Å². The first-order valence-electron chi connectivity index (χ1n) is 10.9. The summed E-state index contributed by atoms with van der Waals surface area (Å²) in [5, 5.41) is 14.5. The van der Waals surface area contributed by atoms with Gasteiger partial charge in [0.2, 0.25) is 5.91 Å². The number of carbonyl (C=O) groups is 1. The SMILES string of the molecule is Cc1cc([N+](=O)[O-])ccc1-c1ccc(/C=C/C(=O)Nc2cccc(Cl)c2N2CCN(C)CC2)o1. The zero-order valence-electron chi connectivity index (χ0n) is 19.0. The maximum Gasteiger partial charge on any atom is 0.269 e. The van der Waals surface area contributed by atoms with Gasteiger partial charge < -0.3 is 19.5 Å². The molecule has 0 radical (unpaired) electrons. The van der Waals surface area contributed by atoms with Gasteiger partial charge in [0.05, 0.1) is 21.3 Å². The van der Waals surface area contributed by atoms with Crippen molar-refractivity contribution in [3.63, 3.8) is 0 Å². The maximum absolute atomic E-state index is 12.6. The molecule has 1 aliphatic heterocycles. The third kappa shape index (κ3) is 5.30. The lowest BCUT2D eigenvalue weighted by Crippen LogP contribution is -2.44. The van der Waals surface area contributed by atoms with Gasteiger partial charge in [-0.25, -0.2) is 0 Å². The standard InChI is InChI=1S/C25H25ClN4O4/c1-17-16-18(30(32)33)6-9-20(17)23-10-7-19(34-23)8-11-24(31)27-22-5-3-4-21(26)25(22)29-14-12-28(2)13-15-29/h3-11,16H,12-15H2,1-2H3,(H,27,31)/b11-8+. The van der Waals surface area contributed by atoms with Gasteiger partial charge in [-0.1, -0.05) is 17.7 Å². The number of amides is 1. The van der Waals surface area contributed by atoms with Crippen molar-refractivity contribution in [2.75, 3.05) is 43.4 Å². The first-order valence-corrected chi connectivity index (χ1v) is 11.3. The Hall–Kier alpha value is -3.62. The topological polar surface area (TPSA) is 91.9 Å². The van der Waals surface area contributed by atoms with Crippen LogP contribution in [-0.4, -0.2) is 49.0 Å². The predicted molar refractivity (Wildman–Crippen MR) is 134 cm³/mol.